The summed E-state index contributed by atoms with van der Waals surface area (Å²) in [6.07, 6.45) is 0. The normalized spacial score (nSPS) is 11.8. The summed E-state index contributed by atoms with van der Waals surface area (Å²) in [5.74, 6) is -0.201. The molecule has 2 nitrogen and oxygen atoms in total. The first-order chi connectivity index (χ1) is 9.20. The third-order valence-corrected chi connectivity index (χ3v) is 3.07. The molecule has 0 radical (unpaired) electrons. The molecule has 0 spiro atoms. The molecule has 0 aliphatic heterocycles. The van der Waals surface area contributed by atoms with Crippen LogP contribution in [-0.2, 0) is 6.54 Å². The van der Waals surface area contributed by atoms with Gasteiger partial charge < -0.3 is 5.32 Å². The van der Waals surface area contributed by atoms with Gasteiger partial charge in [0.05, 0.1) is 11.6 Å². The maximum atomic E-state index is 13.5. The van der Waals surface area contributed by atoms with Crippen molar-refractivity contribution < 1.29 is 4.39 Å². The van der Waals surface area contributed by atoms with Crippen LogP contribution in [0.15, 0.2) is 48.5 Å². The quantitative estimate of drug-likeness (QED) is 0.905. The van der Waals surface area contributed by atoms with E-state index in [-0.39, 0.29) is 11.9 Å². The highest BCUT2D eigenvalue weighted by molar-refractivity contribution is 5.34. The van der Waals surface area contributed by atoms with Crippen molar-refractivity contribution in [3.8, 4) is 6.07 Å². The van der Waals surface area contributed by atoms with Gasteiger partial charge >= 0.3 is 0 Å². The van der Waals surface area contributed by atoms with Crippen LogP contribution in [0.2, 0.25) is 0 Å². The second kappa shape index (κ2) is 6.12. The Kier molecular flexibility index (Phi) is 4.27. The van der Waals surface area contributed by atoms with Crippen LogP contribution in [0.25, 0.3) is 0 Å². The molecule has 1 atom stereocenters. The van der Waals surface area contributed by atoms with Gasteiger partial charge in [-0.2, -0.15) is 5.26 Å². The minimum absolute atomic E-state index is 0.0629. The number of nitrogens with one attached hydrogen (secondary N) is 1. The van der Waals surface area contributed by atoms with E-state index >= 15 is 0 Å². The molecule has 0 saturated carbocycles. The highest BCUT2D eigenvalue weighted by atomic mass is 19.1. The first kappa shape index (κ1) is 13.3. The van der Waals surface area contributed by atoms with Crippen molar-refractivity contribution in [1.82, 2.24) is 5.32 Å². The Morgan fingerprint density at radius 2 is 2.00 bits per heavy atom. The number of rotatable bonds is 4. The van der Waals surface area contributed by atoms with Gasteiger partial charge in [0.15, 0.2) is 0 Å². The number of nitriles is 1. The van der Waals surface area contributed by atoms with Crippen LogP contribution in [0.4, 0.5) is 4.39 Å². The number of nitrogens with zero attached hydrogens (tertiary/aromatic N) is 1. The summed E-state index contributed by atoms with van der Waals surface area (Å²) in [4.78, 5) is 0. The summed E-state index contributed by atoms with van der Waals surface area (Å²) >= 11 is 0. The summed E-state index contributed by atoms with van der Waals surface area (Å²) in [7, 11) is 0. The molecule has 0 fully saturated rings. The maximum Gasteiger partial charge on any atom is 0.127 e. The van der Waals surface area contributed by atoms with Gasteiger partial charge in [-0.25, -0.2) is 4.39 Å². The molecule has 2 rings (SSSR count). The van der Waals surface area contributed by atoms with Gasteiger partial charge in [-0.1, -0.05) is 30.3 Å². The van der Waals surface area contributed by atoms with E-state index in [9.17, 15) is 4.39 Å². The van der Waals surface area contributed by atoms with Crippen molar-refractivity contribution in [1.29, 1.82) is 5.26 Å². The molecule has 0 heterocycles. The summed E-state index contributed by atoms with van der Waals surface area (Å²) in [6.45, 7) is 2.46. The van der Waals surface area contributed by atoms with Crippen molar-refractivity contribution in [2.45, 2.75) is 19.5 Å². The molecule has 0 amide bonds. The molecule has 96 valence electrons. The van der Waals surface area contributed by atoms with Crippen molar-refractivity contribution in [3.63, 3.8) is 0 Å². The number of hydrogen-bond acceptors (Lipinski definition) is 2. The lowest BCUT2D eigenvalue weighted by atomic mass is 10.1. The minimum atomic E-state index is -0.201. The highest BCUT2D eigenvalue weighted by Gasteiger charge is 2.07. The molecule has 0 bridgehead atoms. The van der Waals surface area contributed by atoms with Crippen molar-refractivity contribution in [3.05, 3.63) is 71.0 Å². The Labute approximate surface area is 112 Å². The molecule has 1 unspecified atom stereocenters. The monoisotopic (exact) mass is 254 g/mol. The highest BCUT2D eigenvalue weighted by Crippen LogP contribution is 2.15. The zero-order valence-corrected chi connectivity index (χ0v) is 10.7. The molecule has 1 N–H and O–H groups in total. The summed E-state index contributed by atoms with van der Waals surface area (Å²) in [5, 5.41) is 12.1. The van der Waals surface area contributed by atoms with Crippen LogP contribution in [-0.4, -0.2) is 0 Å². The van der Waals surface area contributed by atoms with Gasteiger partial charge in [0, 0.05) is 18.2 Å². The number of hydrogen-bond donors (Lipinski definition) is 1. The Bertz CT molecular complexity index is 602. The van der Waals surface area contributed by atoms with Gasteiger partial charge in [0.25, 0.3) is 0 Å². The van der Waals surface area contributed by atoms with Crippen LogP contribution in [0.1, 0.15) is 29.7 Å². The molecule has 0 saturated heterocycles. The predicted octanol–water partition coefficient (Wildman–Crippen LogP) is 3.55. The molecule has 0 aliphatic carbocycles. The fourth-order valence-electron chi connectivity index (χ4n) is 1.90. The van der Waals surface area contributed by atoms with Crippen LogP contribution >= 0.6 is 0 Å². The van der Waals surface area contributed by atoms with Crippen molar-refractivity contribution >= 4 is 0 Å². The Morgan fingerprint density at radius 3 is 2.74 bits per heavy atom. The fraction of sp³-hybridized carbons (Fsp3) is 0.188. The lowest BCUT2D eigenvalue weighted by molar-refractivity contribution is 0.544. The summed E-state index contributed by atoms with van der Waals surface area (Å²) in [5.41, 5.74) is 2.30. The van der Waals surface area contributed by atoms with E-state index < -0.39 is 0 Å². The Morgan fingerprint density at radius 1 is 1.21 bits per heavy atom. The third kappa shape index (κ3) is 3.40. The van der Waals surface area contributed by atoms with E-state index in [4.69, 9.17) is 5.26 Å². The molecule has 19 heavy (non-hydrogen) atoms. The lowest BCUT2D eigenvalue weighted by Crippen LogP contribution is -2.18. The van der Waals surface area contributed by atoms with Gasteiger partial charge in [0.2, 0.25) is 0 Å². The molecule has 2 aromatic rings. The average Bonchev–Trinajstić information content (AvgIpc) is 2.46. The number of benzene rings is 2. The average molecular weight is 254 g/mol. The zero-order chi connectivity index (χ0) is 13.7. The van der Waals surface area contributed by atoms with E-state index in [1.165, 1.54) is 6.07 Å². The second-order valence-electron chi connectivity index (χ2n) is 4.43. The topological polar surface area (TPSA) is 35.8 Å². The molecule has 0 aliphatic rings. The van der Waals surface area contributed by atoms with E-state index in [1.54, 1.807) is 18.2 Å². The van der Waals surface area contributed by atoms with Crippen LogP contribution < -0.4 is 5.32 Å². The van der Waals surface area contributed by atoms with Crippen LogP contribution in [0, 0.1) is 17.1 Å². The lowest BCUT2D eigenvalue weighted by Gasteiger charge is -2.14. The minimum Gasteiger partial charge on any atom is -0.306 e. The standard InChI is InChI=1S/C16H15FN2/c1-12(14-7-4-5-13(9-14)10-18)19-11-15-6-2-3-8-16(15)17/h2-9,12,19H,11H2,1H3. The Hall–Kier alpha value is -2.18. The molecule has 2 aromatic carbocycles. The predicted molar refractivity (Wildman–Crippen MR) is 72.8 cm³/mol. The van der Waals surface area contributed by atoms with Crippen molar-refractivity contribution in [2.24, 2.45) is 0 Å². The van der Waals surface area contributed by atoms with Crippen LogP contribution in [0.3, 0.4) is 0 Å². The van der Waals surface area contributed by atoms with Gasteiger partial charge in [-0.15, -0.1) is 0 Å². The van der Waals surface area contributed by atoms with E-state index in [0.29, 0.717) is 17.7 Å². The van der Waals surface area contributed by atoms with E-state index in [0.717, 1.165) is 5.56 Å². The van der Waals surface area contributed by atoms with E-state index in [1.807, 2.05) is 31.2 Å². The largest absolute Gasteiger partial charge is 0.306 e. The smallest absolute Gasteiger partial charge is 0.127 e. The van der Waals surface area contributed by atoms with Gasteiger partial charge in [0.1, 0.15) is 5.82 Å². The molecule has 0 aromatic heterocycles. The molecule has 3 heteroatoms. The third-order valence-electron chi connectivity index (χ3n) is 3.07. The molecular formula is C16H15FN2. The first-order valence-corrected chi connectivity index (χ1v) is 6.17. The number of halogens is 1. The fourth-order valence-corrected chi connectivity index (χ4v) is 1.90. The zero-order valence-electron chi connectivity index (χ0n) is 10.7. The van der Waals surface area contributed by atoms with E-state index in [2.05, 4.69) is 11.4 Å². The maximum absolute atomic E-state index is 13.5. The second-order valence-corrected chi connectivity index (χ2v) is 4.43. The van der Waals surface area contributed by atoms with Crippen molar-refractivity contribution in [2.75, 3.05) is 0 Å². The van der Waals surface area contributed by atoms with Gasteiger partial charge in [-0.3, -0.25) is 0 Å². The summed E-state index contributed by atoms with van der Waals surface area (Å²) in [6, 6.07) is 16.3. The van der Waals surface area contributed by atoms with Crippen LogP contribution in [0.5, 0.6) is 0 Å². The first-order valence-electron chi connectivity index (χ1n) is 6.17. The van der Waals surface area contributed by atoms with Gasteiger partial charge in [-0.05, 0) is 30.7 Å². The molecular weight excluding hydrogens is 239 g/mol. The SMILES string of the molecule is CC(NCc1ccccc1F)c1cccc(C#N)c1. The Balaban J connectivity index is 2.03. The summed E-state index contributed by atoms with van der Waals surface area (Å²) < 4.78 is 13.5.